The number of Topliss-reactive ketones (excluding diaryl/α,β-unsaturated/α-hetero) is 1. The Kier molecular flexibility index (Phi) is 5.80. The predicted molar refractivity (Wildman–Crippen MR) is 113 cm³/mol. The van der Waals surface area contributed by atoms with Crippen molar-refractivity contribution in [3.8, 4) is 0 Å². The van der Waals surface area contributed by atoms with Crippen LogP contribution >= 0.6 is 0 Å². The van der Waals surface area contributed by atoms with Crippen LogP contribution in [0.3, 0.4) is 0 Å². The third kappa shape index (κ3) is 4.45. The molecule has 0 N–H and O–H groups in total. The Labute approximate surface area is 191 Å². The smallest absolute Gasteiger partial charge is 0.305 e. The lowest BCUT2D eigenvalue weighted by Gasteiger charge is -2.32. The number of amides is 1. The average Bonchev–Trinajstić information content (AvgIpc) is 3.20. The highest BCUT2D eigenvalue weighted by Crippen LogP contribution is 2.33. The first kappa shape index (κ1) is 23.6. The lowest BCUT2D eigenvalue weighted by Crippen LogP contribution is -2.43. The fourth-order valence-corrected chi connectivity index (χ4v) is 4.31. The molecule has 3 aromatic rings. The highest BCUT2D eigenvalue weighted by atomic mass is 32.3. The van der Waals surface area contributed by atoms with Gasteiger partial charge in [0.15, 0.2) is 5.78 Å². The van der Waals surface area contributed by atoms with Gasteiger partial charge in [-0.25, -0.2) is 0 Å². The molecule has 0 aliphatic carbocycles. The average molecular weight is 495 g/mol. The fraction of sp³-hybridized carbons (Fsp3) is 0.227. The van der Waals surface area contributed by atoms with E-state index in [1.807, 2.05) is 0 Å². The minimum absolute atomic E-state index is 0.0606. The van der Waals surface area contributed by atoms with Gasteiger partial charge in [-0.05, 0) is 43.3 Å². The summed E-state index contributed by atoms with van der Waals surface area (Å²) in [6, 6.07) is 8.32. The van der Waals surface area contributed by atoms with E-state index in [0.717, 1.165) is 24.3 Å². The lowest BCUT2D eigenvalue weighted by molar-refractivity contribution is -0.137. The number of hydrogen-bond acceptors (Lipinski definition) is 5. The number of hydrogen-bond donors (Lipinski definition) is 0. The number of ketones is 1. The van der Waals surface area contributed by atoms with E-state index in [0.29, 0.717) is 0 Å². The van der Waals surface area contributed by atoms with Crippen molar-refractivity contribution in [3.05, 3.63) is 77.1 Å². The van der Waals surface area contributed by atoms with Crippen LogP contribution in [0, 0.1) is 0 Å². The van der Waals surface area contributed by atoms with E-state index in [4.69, 9.17) is 0 Å². The van der Waals surface area contributed by atoms with Crippen LogP contribution in [0.2, 0.25) is 0 Å². The van der Waals surface area contributed by atoms with Gasteiger partial charge >= 0.3 is 16.4 Å². The van der Waals surface area contributed by atoms with Crippen molar-refractivity contribution in [2.24, 2.45) is 0 Å². The van der Waals surface area contributed by atoms with Crippen molar-refractivity contribution in [3.63, 3.8) is 0 Å². The normalized spacial score (nSPS) is 16.4. The molecule has 1 aliphatic heterocycles. The standard InChI is InChI=1S/C22H17F4N3O4S/c1-13-12-28(17-7-5-16(6-8-17)22(23,24)25)21(31)20-15(11-27-29(13)20)10-19(30)14-3-2-4-18(9-14)34(26,32)33/h2-9,11,13H,10,12H2,1H3/t13-/m0/s1. The van der Waals surface area contributed by atoms with Gasteiger partial charge in [-0.3, -0.25) is 14.3 Å². The molecule has 0 spiro atoms. The molecule has 1 aromatic heterocycles. The highest BCUT2D eigenvalue weighted by molar-refractivity contribution is 7.86. The van der Waals surface area contributed by atoms with E-state index in [9.17, 15) is 35.1 Å². The van der Waals surface area contributed by atoms with Gasteiger partial charge in [0.1, 0.15) is 5.69 Å². The van der Waals surface area contributed by atoms with E-state index in [-0.39, 0.29) is 41.5 Å². The second-order valence-electron chi connectivity index (χ2n) is 7.84. The van der Waals surface area contributed by atoms with Crippen LogP contribution in [0.5, 0.6) is 0 Å². The molecular formula is C22H17F4N3O4S. The van der Waals surface area contributed by atoms with Crippen molar-refractivity contribution in [2.45, 2.75) is 30.5 Å². The van der Waals surface area contributed by atoms with Crippen molar-refractivity contribution in [1.29, 1.82) is 0 Å². The molecule has 0 radical (unpaired) electrons. The summed E-state index contributed by atoms with van der Waals surface area (Å²) in [6.07, 6.45) is -3.49. The topological polar surface area (TPSA) is 89.3 Å². The molecule has 0 fully saturated rings. The monoisotopic (exact) mass is 495 g/mol. The molecule has 0 saturated heterocycles. The maximum absolute atomic E-state index is 13.3. The summed E-state index contributed by atoms with van der Waals surface area (Å²) in [7, 11) is -5.00. The minimum Gasteiger partial charge on any atom is -0.305 e. The minimum atomic E-state index is -5.00. The summed E-state index contributed by atoms with van der Waals surface area (Å²) in [4.78, 5) is 26.6. The Morgan fingerprint density at radius 2 is 1.82 bits per heavy atom. The molecule has 12 heteroatoms. The number of carbonyl (C=O) groups is 2. The number of fused-ring (bicyclic) bond motifs is 1. The SMILES string of the molecule is C[C@H]1CN(c2ccc(C(F)(F)F)cc2)C(=O)c2c(CC(=O)c3cccc(S(=O)(=O)F)c3)cnn21. The number of aromatic nitrogens is 2. The Morgan fingerprint density at radius 3 is 2.44 bits per heavy atom. The Morgan fingerprint density at radius 1 is 1.15 bits per heavy atom. The molecule has 1 atom stereocenters. The largest absolute Gasteiger partial charge is 0.416 e. The molecular weight excluding hydrogens is 478 g/mol. The zero-order valence-corrected chi connectivity index (χ0v) is 18.4. The summed E-state index contributed by atoms with van der Waals surface area (Å²) in [5, 5.41) is 4.18. The van der Waals surface area contributed by atoms with Crippen LogP contribution in [0.15, 0.2) is 59.6 Å². The summed E-state index contributed by atoms with van der Waals surface area (Å²) in [5.74, 6) is -1.10. The number of nitrogens with zero attached hydrogens (tertiary/aromatic N) is 3. The van der Waals surface area contributed by atoms with Gasteiger partial charge in [0.2, 0.25) is 0 Å². The van der Waals surface area contributed by atoms with Crippen LogP contribution in [0.1, 0.15) is 44.9 Å². The van der Waals surface area contributed by atoms with Crippen molar-refractivity contribution in [1.82, 2.24) is 9.78 Å². The molecule has 0 unspecified atom stereocenters. The first-order valence-corrected chi connectivity index (χ1v) is 11.4. The molecule has 178 valence electrons. The number of rotatable bonds is 5. The number of alkyl halides is 3. The van der Waals surface area contributed by atoms with Gasteiger partial charge in [0.05, 0.1) is 22.7 Å². The van der Waals surface area contributed by atoms with E-state index < -0.39 is 38.5 Å². The van der Waals surface area contributed by atoms with E-state index in [2.05, 4.69) is 5.10 Å². The van der Waals surface area contributed by atoms with E-state index in [1.165, 1.54) is 40.0 Å². The predicted octanol–water partition coefficient (Wildman–Crippen LogP) is 4.21. The first-order chi connectivity index (χ1) is 15.9. The molecule has 4 rings (SSSR count). The van der Waals surface area contributed by atoms with Gasteiger partial charge < -0.3 is 4.90 Å². The van der Waals surface area contributed by atoms with E-state index in [1.54, 1.807) is 6.92 Å². The third-order valence-corrected chi connectivity index (χ3v) is 6.30. The maximum atomic E-state index is 13.3. The molecule has 0 saturated carbocycles. The second kappa shape index (κ2) is 8.35. The molecule has 7 nitrogen and oxygen atoms in total. The summed E-state index contributed by atoms with van der Waals surface area (Å²) in [5.41, 5.74) is -0.291. The third-order valence-electron chi connectivity index (χ3n) is 5.48. The van der Waals surface area contributed by atoms with Crippen LogP contribution < -0.4 is 4.90 Å². The lowest BCUT2D eigenvalue weighted by atomic mass is 10.0. The highest BCUT2D eigenvalue weighted by Gasteiger charge is 2.35. The molecule has 1 amide bonds. The van der Waals surface area contributed by atoms with Crippen molar-refractivity contribution in [2.75, 3.05) is 11.4 Å². The molecule has 1 aliphatic rings. The Bertz CT molecular complexity index is 1380. The molecule has 0 bridgehead atoms. The van der Waals surface area contributed by atoms with Gasteiger partial charge in [-0.1, -0.05) is 12.1 Å². The summed E-state index contributed by atoms with van der Waals surface area (Å²) < 4.78 is 75.7. The van der Waals surface area contributed by atoms with Crippen molar-refractivity contribution >= 4 is 27.6 Å². The Hall–Kier alpha value is -3.54. The van der Waals surface area contributed by atoms with Gasteiger partial charge in [-0.2, -0.15) is 26.7 Å². The number of benzene rings is 2. The van der Waals surface area contributed by atoms with Gasteiger partial charge in [0.25, 0.3) is 5.91 Å². The van der Waals surface area contributed by atoms with Gasteiger partial charge in [-0.15, -0.1) is 3.89 Å². The molecule has 2 heterocycles. The number of carbonyl (C=O) groups excluding carboxylic acids is 2. The molecule has 2 aromatic carbocycles. The Balaban J connectivity index is 1.63. The first-order valence-electron chi connectivity index (χ1n) is 9.99. The second-order valence-corrected chi connectivity index (χ2v) is 9.19. The quantitative estimate of drug-likeness (QED) is 0.301. The van der Waals surface area contributed by atoms with Crippen molar-refractivity contribution < 1.29 is 35.1 Å². The van der Waals surface area contributed by atoms with Gasteiger partial charge in [0, 0.05) is 29.8 Å². The van der Waals surface area contributed by atoms with Crippen LogP contribution in [0.4, 0.5) is 22.7 Å². The summed E-state index contributed by atoms with van der Waals surface area (Å²) >= 11 is 0. The van der Waals surface area contributed by atoms with Crippen LogP contribution in [0.25, 0.3) is 0 Å². The fourth-order valence-electron chi connectivity index (χ4n) is 3.80. The van der Waals surface area contributed by atoms with Crippen LogP contribution in [-0.4, -0.2) is 36.4 Å². The molecule has 34 heavy (non-hydrogen) atoms. The number of halogens is 4. The van der Waals surface area contributed by atoms with E-state index >= 15 is 0 Å². The number of anilines is 1. The maximum Gasteiger partial charge on any atom is 0.416 e. The summed E-state index contributed by atoms with van der Waals surface area (Å²) in [6.45, 7) is 1.92. The van der Waals surface area contributed by atoms with Crippen LogP contribution in [-0.2, 0) is 22.8 Å². The zero-order valence-electron chi connectivity index (χ0n) is 17.6. The zero-order chi connectivity index (χ0) is 24.8.